The van der Waals surface area contributed by atoms with Crippen molar-refractivity contribution < 1.29 is 9.59 Å². The molecule has 2 heterocycles. The maximum atomic E-state index is 12.8. The first-order chi connectivity index (χ1) is 13.4. The summed E-state index contributed by atoms with van der Waals surface area (Å²) in [5, 5.41) is 5.73. The van der Waals surface area contributed by atoms with E-state index in [1.807, 2.05) is 44.2 Å². The van der Waals surface area contributed by atoms with E-state index in [4.69, 9.17) is 0 Å². The Morgan fingerprint density at radius 2 is 1.71 bits per heavy atom. The molecular formula is C22H26N4O2. The molecule has 2 N–H and O–H groups in total. The number of anilines is 1. The van der Waals surface area contributed by atoms with E-state index in [0.29, 0.717) is 29.6 Å². The van der Waals surface area contributed by atoms with Gasteiger partial charge in [0.05, 0.1) is 5.52 Å². The molecule has 0 spiro atoms. The maximum absolute atomic E-state index is 12.8. The van der Waals surface area contributed by atoms with Crippen LogP contribution in [0.1, 0.15) is 60.3 Å². The number of carbonyl (C=O) groups excluding carboxylic acids is 2. The molecule has 0 aliphatic heterocycles. The Balaban J connectivity index is 1.87. The molecule has 0 fully saturated rings. The lowest BCUT2D eigenvalue weighted by Crippen LogP contribution is -2.27. The van der Waals surface area contributed by atoms with Crippen LogP contribution in [0.2, 0.25) is 0 Å². The zero-order valence-electron chi connectivity index (χ0n) is 16.7. The minimum Gasteiger partial charge on any atom is -0.350 e. The van der Waals surface area contributed by atoms with Gasteiger partial charge in [0.15, 0.2) is 5.69 Å². The minimum atomic E-state index is -0.360. The Bertz CT molecular complexity index is 987. The van der Waals surface area contributed by atoms with Crippen molar-refractivity contribution in [2.45, 2.75) is 33.6 Å². The molecule has 3 aromatic rings. The molecule has 0 radical (unpaired) electrons. The van der Waals surface area contributed by atoms with Crippen molar-refractivity contribution in [2.24, 2.45) is 5.92 Å². The molecular weight excluding hydrogens is 352 g/mol. The summed E-state index contributed by atoms with van der Waals surface area (Å²) in [4.78, 5) is 29.7. The second kappa shape index (κ2) is 8.25. The number of rotatable bonds is 6. The second-order valence-corrected chi connectivity index (χ2v) is 7.57. The molecule has 6 heteroatoms. The van der Waals surface area contributed by atoms with E-state index in [1.54, 1.807) is 22.7 Å². The van der Waals surface area contributed by atoms with Crippen LogP contribution in [0.25, 0.3) is 5.52 Å². The number of benzene rings is 1. The van der Waals surface area contributed by atoms with Crippen LogP contribution in [0.15, 0.2) is 48.7 Å². The molecule has 0 aliphatic carbocycles. The average Bonchev–Trinajstić information content (AvgIpc) is 3.06. The highest BCUT2D eigenvalue weighted by Gasteiger charge is 2.21. The van der Waals surface area contributed by atoms with E-state index in [0.717, 1.165) is 0 Å². The molecule has 6 nitrogen and oxygen atoms in total. The van der Waals surface area contributed by atoms with Crippen molar-refractivity contribution in [2.75, 3.05) is 11.9 Å². The van der Waals surface area contributed by atoms with Crippen molar-refractivity contribution >= 4 is 23.0 Å². The van der Waals surface area contributed by atoms with Crippen molar-refractivity contribution in [1.29, 1.82) is 0 Å². The van der Waals surface area contributed by atoms with Gasteiger partial charge in [-0.15, -0.1) is 0 Å². The number of imidazole rings is 1. The molecule has 28 heavy (non-hydrogen) atoms. The van der Waals surface area contributed by atoms with Crippen molar-refractivity contribution in [3.8, 4) is 0 Å². The Morgan fingerprint density at radius 1 is 1.00 bits per heavy atom. The summed E-state index contributed by atoms with van der Waals surface area (Å²) < 4.78 is 1.64. The third kappa shape index (κ3) is 4.22. The Morgan fingerprint density at radius 3 is 2.36 bits per heavy atom. The molecule has 0 unspecified atom stereocenters. The Hall–Kier alpha value is -3.15. The van der Waals surface area contributed by atoms with Gasteiger partial charge in [-0.05, 0) is 41.7 Å². The zero-order valence-corrected chi connectivity index (χ0v) is 16.7. The molecule has 0 atom stereocenters. The highest BCUT2D eigenvalue weighted by molar-refractivity contribution is 6.06. The first kappa shape index (κ1) is 19.6. The van der Waals surface area contributed by atoms with E-state index >= 15 is 0 Å². The van der Waals surface area contributed by atoms with E-state index < -0.39 is 0 Å². The fraction of sp³-hybridized carbons (Fsp3) is 0.318. The van der Waals surface area contributed by atoms with Gasteiger partial charge >= 0.3 is 0 Å². The maximum Gasteiger partial charge on any atom is 0.292 e. The summed E-state index contributed by atoms with van der Waals surface area (Å²) in [6.07, 6.45) is 1.73. The van der Waals surface area contributed by atoms with E-state index in [9.17, 15) is 9.59 Å². The smallest absolute Gasteiger partial charge is 0.292 e. The lowest BCUT2D eigenvalue weighted by Gasteiger charge is -2.08. The van der Waals surface area contributed by atoms with Crippen LogP contribution in [0.3, 0.4) is 0 Å². The fourth-order valence-corrected chi connectivity index (χ4v) is 2.88. The summed E-state index contributed by atoms with van der Waals surface area (Å²) in [5.74, 6) is 0.291. The average molecular weight is 378 g/mol. The van der Waals surface area contributed by atoms with Crippen LogP contribution >= 0.6 is 0 Å². The van der Waals surface area contributed by atoms with E-state index in [2.05, 4.69) is 29.5 Å². The number of fused-ring (bicyclic) bond motifs is 1. The SMILES string of the molecule is CC(C)CNC(=O)c1nc(C(=O)Nc2ccc(C(C)C)cc2)n2ccccc12. The van der Waals surface area contributed by atoms with Crippen LogP contribution in [0.5, 0.6) is 0 Å². The summed E-state index contributed by atoms with van der Waals surface area (Å²) >= 11 is 0. The standard InChI is InChI=1S/C22H26N4O2/c1-14(2)13-23-21(27)19-18-7-5-6-12-26(18)20(25-19)22(28)24-17-10-8-16(9-11-17)15(3)4/h5-12,14-15H,13H2,1-4H3,(H,23,27)(H,24,28). The predicted octanol–water partition coefficient (Wildman–Crippen LogP) is 4.10. The van der Waals surface area contributed by atoms with Crippen molar-refractivity contribution in [3.05, 3.63) is 65.7 Å². The number of pyridine rings is 1. The summed E-state index contributed by atoms with van der Waals surface area (Å²) in [5.41, 5.74) is 2.74. The van der Waals surface area contributed by atoms with Crippen molar-refractivity contribution in [3.63, 3.8) is 0 Å². The second-order valence-electron chi connectivity index (χ2n) is 7.57. The van der Waals surface area contributed by atoms with Gasteiger partial charge in [0, 0.05) is 18.4 Å². The van der Waals surface area contributed by atoms with Crippen LogP contribution < -0.4 is 10.6 Å². The normalized spacial score (nSPS) is 11.2. The number of hydrogen-bond acceptors (Lipinski definition) is 3. The van der Waals surface area contributed by atoms with E-state index in [1.165, 1.54) is 5.56 Å². The van der Waals surface area contributed by atoms with Crippen LogP contribution in [-0.2, 0) is 0 Å². The van der Waals surface area contributed by atoms with Gasteiger partial charge in [-0.3, -0.25) is 14.0 Å². The number of amides is 2. The lowest BCUT2D eigenvalue weighted by atomic mass is 10.0. The molecule has 0 saturated carbocycles. The highest BCUT2D eigenvalue weighted by atomic mass is 16.2. The Labute approximate surface area is 165 Å². The molecule has 0 saturated heterocycles. The van der Waals surface area contributed by atoms with Crippen molar-refractivity contribution in [1.82, 2.24) is 14.7 Å². The highest BCUT2D eigenvalue weighted by Crippen LogP contribution is 2.19. The first-order valence-electron chi connectivity index (χ1n) is 9.53. The van der Waals surface area contributed by atoms with Gasteiger partial charge in [0.2, 0.25) is 5.82 Å². The zero-order chi connectivity index (χ0) is 20.3. The number of nitrogens with one attached hydrogen (secondary N) is 2. The third-order valence-electron chi connectivity index (χ3n) is 4.47. The topological polar surface area (TPSA) is 75.5 Å². The summed E-state index contributed by atoms with van der Waals surface area (Å²) in [6.45, 7) is 8.84. The molecule has 1 aromatic carbocycles. The molecule has 146 valence electrons. The van der Waals surface area contributed by atoms with Gasteiger partial charge in [-0.2, -0.15) is 0 Å². The molecule has 2 amide bonds. The van der Waals surface area contributed by atoms with Crippen LogP contribution in [0, 0.1) is 5.92 Å². The van der Waals surface area contributed by atoms with Gasteiger partial charge in [-0.1, -0.05) is 45.9 Å². The van der Waals surface area contributed by atoms with Gasteiger partial charge in [0.1, 0.15) is 0 Å². The van der Waals surface area contributed by atoms with Gasteiger partial charge in [-0.25, -0.2) is 4.98 Å². The fourth-order valence-electron chi connectivity index (χ4n) is 2.88. The van der Waals surface area contributed by atoms with Crippen LogP contribution in [-0.4, -0.2) is 27.7 Å². The third-order valence-corrected chi connectivity index (χ3v) is 4.47. The molecule has 2 aromatic heterocycles. The van der Waals surface area contributed by atoms with Gasteiger partial charge in [0.25, 0.3) is 11.8 Å². The quantitative estimate of drug-likeness (QED) is 0.678. The lowest BCUT2D eigenvalue weighted by molar-refractivity contribution is 0.0946. The first-order valence-corrected chi connectivity index (χ1v) is 9.53. The largest absolute Gasteiger partial charge is 0.350 e. The van der Waals surface area contributed by atoms with E-state index in [-0.39, 0.29) is 23.3 Å². The monoisotopic (exact) mass is 378 g/mol. The minimum absolute atomic E-state index is 0.179. The molecule has 0 aliphatic rings. The molecule has 3 rings (SSSR count). The van der Waals surface area contributed by atoms with Crippen LogP contribution in [0.4, 0.5) is 5.69 Å². The van der Waals surface area contributed by atoms with Gasteiger partial charge < -0.3 is 10.6 Å². The molecule has 0 bridgehead atoms. The predicted molar refractivity (Wildman–Crippen MR) is 111 cm³/mol. The number of nitrogens with zero attached hydrogens (tertiary/aromatic N) is 2. The number of carbonyl (C=O) groups is 2. The summed E-state index contributed by atoms with van der Waals surface area (Å²) in [6, 6.07) is 13.1. The summed E-state index contributed by atoms with van der Waals surface area (Å²) in [7, 11) is 0. The number of hydrogen-bond donors (Lipinski definition) is 2. The Kier molecular flexibility index (Phi) is 5.78. The number of aromatic nitrogens is 2.